The molecule has 134 valence electrons. The molecule has 1 heterocycles. The van der Waals surface area contributed by atoms with Crippen molar-refractivity contribution in [1.29, 1.82) is 0 Å². The number of non-ortho nitro benzene ring substituents is 1. The number of fused-ring (bicyclic) bond motifs is 1. The summed E-state index contributed by atoms with van der Waals surface area (Å²) in [5, 5.41) is 18.1. The van der Waals surface area contributed by atoms with Crippen LogP contribution in [0.15, 0.2) is 42.5 Å². The molecule has 0 aliphatic carbocycles. The molecular weight excluding hydrogens is 336 g/mol. The van der Waals surface area contributed by atoms with Crippen molar-refractivity contribution in [3.8, 4) is 5.75 Å². The number of nitrogens with one attached hydrogen (secondary N) is 1. The van der Waals surface area contributed by atoms with E-state index >= 15 is 0 Å². The smallest absolute Gasteiger partial charge is 0.274 e. The van der Waals surface area contributed by atoms with E-state index in [2.05, 4.69) is 10.2 Å². The highest BCUT2D eigenvalue weighted by molar-refractivity contribution is 6.05. The van der Waals surface area contributed by atoms with Crippen LogP contribution in [0.3, 0.4) is 0 Å². The van der Waals surface area contributed by atoms with Gasteiger partial charge in [0.25, 0.3) is 11.6 Å². The number of nitro groups is 1. The number of rotatable bonds is 6. The van der Waals surface area contributed by atoms with Gasteiger partial charge >= 0.3 is 0 Å². The summed E-state index contributed by atoms with van der Waals surface area (Å²) in [4.78, 5) is 24.5. The van der Waals surface area contributed by atoms with Gasteiger partial charge in [0.2, 0.25) is 0 Å². The molecule has 1 N–H and O–H groups in total. The van der Waals surface area contributed by atoms with Crippen LogP contribution in [0.2, 0.25) is 0 Å². The molecule has 0 spiro atoms. The summed E-state index contributed by atoms with van der Waals surface area (Å²) in [5.41, 5.74) is 1.74. The lowest BCUT2D eigenvalue weighted by Crippen LogP contribution is -2.31. The number of nitrogens with zero attached hydrogens (tertiary/aromatic N) is 3. The summed E-state index contributed by atoms with van der Waals surface area (Å²) < 4.78 is 5.65. The first kappa shape index (κ1) is 17.4. The van der Waals surface area contributed by atoms with Crippen molar-refractivity contribution in [3.05, 3.63) is 63.8 Å². The summed E-state index contributed by atoms with van der Waals surface area (Å²) in [5.74, 6) is 0.413. The van der Waals surface area contributed by atoms with Crippen LogP contribution in [-0.4, -0.2) is 46.1 Å². The average molecular weight is 354 g/mol. The Morgan fingerprint density at radius 1 is 1.31 bits per heavy atom. The van der Waals surface area contributed by atoms with Crippen molar-refractivity contribution in [1.82, 2.24) is 15.1 Å². The quantitative estimate of drug-likeness (QED) is 0.542. The summed E-state index contributed by atoms with van der Waals surface area (Å²) >= 11 is 0. The van der Waals surface area contributed by atoms with Crippen molar-refractivity contribution in [2.45, 2.75) is 6.92 Å². The predicted octanol–water partition coefficient (Wildman–Crippen LogP) is 2.93. The van der Waals surface area contributed by atoms with E-state index in [1.807, 2.05) is 31.2 Å². The number of carbonyl (C=O) groups is 1. The third kappa shape index (κ3) is 3.64. The molecule has 0 aliphatic rings. The fourth-order valence-electron chi connectivity index (χ4n) is 2.57. The number of hydrogen-bond donors (Lipinski definition) is 1. The van der Waals surface area contributed by atoms with Gasteiger partial charge in [0.05, 0.1) is 17.0 Å². The van der Waals surface area contributed by atoms with Crippen LogP contribution >= 0.6 is 0 Å². The molecule has 3 aromatic rings. The molecule has 0 fully saturated rings. The molecule has 8 nitrogen and oxygen atoms in total. The van der Waals surface area contributed by atoms with Gasteiger partial charge in [-0.2, -0.15) is 5.10 Å². The summed E-state index contributed by atoms with van der Waals surface area (Å²) in [6.07, 6.45) is 0. The first-order valence-corrected chi connectivity index (χ1v) is 8.03. The van der Waals surface area contributed by atoms with E-state index in [0.717, 1.165) is 11.3 Å². The predicted molar refractivity (Wildman–Crippen MR) is 96.4 cm³/mol. The lowest BCUT2D eigenvalue weighted by Gasteiger charge is -2.16. The fraction of sp³-hybridized carbons (Fsp3) is 0.222. The Hall–Kier alpha value is -3.42. The van der Waals surface area contributed by atoms with Crippen LogP contribution in [0.4, 0.5) is 5.69 Å². The normalized spacial score (nSPS) is 10.7. The van der Waals surface area contributed by atoms with Gasteiger partial charge in [-0.25, -0.2) is 0 Å². The molecule has 0 atom stereocenters. The highest BCUT2D eigenvalue weighted by Crippen LogP contribution is 2.22. The SMILES string of the molecule is Cc1cccc(OCCN(C)C(=O)c2n[nH]c3ccc([N+](=O)[O-])cc23)c1. The third-order valence-electron chi connectivity index (χ3n) is 3.99. The largest absolute Gasteiger partial charge is 0.492 e. The standard InChI is InChI=1S/C18H18N4O4/c1-12-4-3-5-14(10-12)26-9-8-21(2)18(23)17-15-11-13(22(24)25)6-7-16(15)19-20-17/h3-7,10-11H,8-9H2,1-2H3,(H,19,20). The van der Waals surface area contributed by atoms with Gasteiger partial charge in [-0.1, -0.05) is 12.1 Å². The number of aromatic amines is 1. The van der Waals surface area contributed by atoms with Gasteiger partial charge in [0, 0.05) is 24.6 Å². The number of ether oxygens (including phenoxy) is 1. The van der Waals surface area contributed by atoms with E-state index in [4.69, 9.17) is 4.74 Å². The van der Waals surface area contributed by atoms with Crippen molar-refractivity contribution >= 4 is 22.5 Å². The van der Waals surface area contributed by atoms with E-state index in [-0.39, 0.29) is 17.3 Å². The lowest BCUT2D eigenvalue weighted by atomic mass is 10.2. The van der Waals surface area contributed by atoms with E-state index in [0.29, 0.717) is 24.1 Å². The second-order valence-corrected chi connectivity index (χ2v) is 5.95. The number of benzene rings is 2. The maximum absolute atomic E-state index is 12.6. The molecule has 0 aliphatic heterocycles. The van der Waals surface area contributed by atoms with E-state index < -0.39 is 4.92 Å². The van der Waals surface area contributed by atoms with E-state index in [9.17, 15) is 14.9 Å². The molecule has 0 unspecified atom stereocenters. The average Bonchev–Trinajstić information content (AvgIpc) is 3.04. The van der Waals surface area contributed by atoms with Gasteiger partial charge < -0.3 is 9.64 Å². The number of likely N-dealkylation sites (N-methyl/N-ethyl adjacent to an activating group) is 1. The second kappa shape index (κ2) is 7.22. The molecule has 0 saturated carbocycles. The highest BCUT2D eigenvalue weighted by atomic mass is 16.6. The highest BCUT2D eigenvalue weighted by Gasteiger charge is 2.20. The van der Waals surface area contributed by atoms with Gasteiger partial charge in [-0.05, 0) is 30.7 Å². The number of aryl methyl sites for hydroxylation is 1. The van der Waals surface area contributed by atoms with Gasteiger partial charge in [-0.3, -0.25) is 20.0 Å². The first-order valence-electron chi connectivity index (χ1n) is 8.03. The molecule has 1 amide bonds. The Bertz CT molecular complexity index is 967. The number of nitro benzene ring substituents is 1. The minimum Gasteiger partial charge on any atom is -0.492 e. The monoisotopic (exact) mass is 354 g/mol. The molecule has 0 bridgehead atoms. The number of hydrogen-bond acceptors (Lipinski definition) is 5. The molecule has 2 aromatic carbocycles. The number of carbonyl (C=O) groups excluding carboxylic acids is 1. The Balaban J connectivity index is 1.69. The topological polar surface area (TPSA) is 101 Å². The van der Waals surface area contributed by atoms with E-state index in [1.54, 1.807) is 7.05 Å². The Morgan fingerprint density at radius 2 is 2.12 bits per heavy atom. The van der Waals surface area contributed by atoms with Crippen molar-refractivity contribution in [2.24, 2.45) is 0 Å². The first-order chi connectivity index (χ1) is 12.5. The van der Waals surface area contributed by atoms with Crippen LogP contribution in [0, 0.1) is 17.0 Å². The van der Waals surface area contributed by atoms with Crippen molar-refractivity contribution in [2.75, 3.05) is 20.2 Å². The van der Waals surface area contributed by atoms with Crippen LogP contribution in [0.25, 0.3) is 10.9 Å². The summed E-state index contributed by atoms with van der Waals surface area (Å²) in [6.45, 7) is 2.66. The number of aromatic nitrogens is 2. The van der Waals surface area contributed by atoms with Gasteiger partial charge in [0.15, 0.2) is 5.69 Å². The number of amides is 1. The Morgan fingerprint density at radius 3 is 2.85 bits per heavy atom. The molecule has 0 radical (unpaired) electrons. The van der Waals surface area contributed by atoms with Crippen molar-refractivity contribution < 1.29 is 14.5 Å². The summed E-state index contributed by atoms with van der Waals surface area (Å²) in [7, 11) is 1.64. The molecule has 1 aromatic heterocycles. The maximum atomic E-state index is 12.6. The number of H-pyrrole nitrogens is 1. The maximum Gasteiger partial charge on any atom is 0.274 e. The van der Waals surface area contributed by atoms with Crippen LogP contribution in [-0.2, 0) is 0 Å². The van der Waals surface area contributed by atoms with Gasteiger partial charge in [-0.15, -0.1) is 0 Å². The molecular formula is C18H18N4O4. The minimum absolute atomic E-state index is 0.0848. The van der Waals surface area contributed by atoms with E-state index in [1.165, 1.54) is 23.1 Å². The molecule has 26 heavy (non-hydrogen) atoms. The van der Waals surface area contributed by atoms with Crippen LogP contribution in [0.5, 0.6) is 5.75 Å². The molecule has 8 heteroatoms. The zero-order valence-electron chi connectivity index (χ0n) is 14.4. The molecule has 3 rings (SSSR count). The van der Waals surface area contributed by atoms with Gasteiger partial charge in [0.1, 0.15) is 12.4 Å². The molecule has 0 saturated heterocycles. The third-order valence-corrected chi connectivity index (χ3v) is 3.99. The van der Waals surface area contributed by atoms with Crippen molar-refractivity contribution in [3.63, 3.8) is 0 Å². The fourth-order valence-corrected chi connectivity index (χ4v) is 2.57. The van der Waals surface area contributed by atoms with Crippen LogP contribution in [0.1, 0.15) is 16.1 Å². The second-order valence-electron chi connectivity index (χ2n) is 5.95. The van der Waals surface area contributed by atoms with Crippen LogP contribution < -0.4 is 4.74 Å². The zero-order valence-corrected chi connectivity index (χ0v) is 14.4. The summed E-state index contributed by atoms with van der Waals surface area (Å²) in [6, 6.07) is 11.9. The Kier molecular flexibility index (Phi) is 4.83. The Labute approximate surface area is 149 Å². The minimum atomic E-state index is -0.500. The zero-order chi connectivity index (χ0) is 18.7. The lowest BCUT2D eigenvalue weighted by molar-refractivity contribution is -0.384.